The van der Waals surface area contributed by atoms with Gasteiger partial charge < -0.3 is 15.0 Å². The Hall–Kier alpha value is -2.17. The number of pyridine rings is 1. The van der Waals surface area contributed by atoms with E-state index < -0.39 is 5.97 Å². The minimum absolute atomic E-state index is 0.160. The van der Waals surface area contributed by atoms with Gasteiger partial charge in [0.05, 0.1) is 0 Å². The van der Waals surface area contributed by atoms with E-state index in [9.17, 15) is 14.7 Å². The molecule has 0 fully saturated rings. The van der Waals surface area contributed by atoms with E-state index in [0.29, 0.717) is 5.92 Å². The minimum atomic E-state index is -0.903. The molecule has 1 rings (SSSR count). The molecule has 0 radical (unpaired) electrons. The largest absolute Gasteiger partial charge is 0.859 e. The van der Waals surface area contributed by atoms with Gasteiger partial charge in [-0.2, -0.15) is 0 Å². The molecule has 0 spiro atoms. The van der Waals surface area contributed by atoms with Gasteiger partial charge in [0.2, 0.25) is 0 Å². The third-order valence-electron chi connectivity index (χ3n) is 4.82. The van der Waals surface area contributed by atoms with Crippen molar-refractivity contribution in [2.75, 3.05) is 0 Å². The molecular formula is C22H32NO4-. The fourth-order valence-corrected chi connectivity index (χ4v) is 3.24. The number of carbonyl (C=O) groups is 2. The van der Waals surface area contributed by atoms with Crippen LogP contribution in [0.4, 0.5) is 0 Å². The molecule has 1 aromatic heterocycles. The Labute approximate surface area is 162 Å². The molecule has 1 aromatic rings. The summed E-state index contributed by atoms with van der Waals surface area (Å²) in [6, 6.07) is 3.36. The van der Waals surface area contributed by atoms with Crippen LogP contribution in [-0.2, 0) is 16.0 Å². The zero-order valence-electron chi connectivity index (χ0n) is 16.3. The second kappa shape index (κ2) is 14.0. The number of unbranched alkanes of at least 4 members (excludes halogenated alkanes) is 4. The third-order valence-corrected chi connectivity index (χ3v) is 4.82. The maximum atomic E-state index is 11.2. The number of carbonyl (C=O) groups excluding carboxylic acids is 1. The Balaban J connectivity index is 2.38. The summed E-state index contributed by atoms with van der Waals surface area (Å²) in [6.45, 7) is 1.96. The van der Waals surface area contributed by atoms with Crippen LogP contribution in [0.3, 0.4) is 0 Å². The second-order valence-corrected chi connectivity index (χ2v) is 7.35. The summed E-state index contributed by atoms with van der Waals surface area (Å²) in [5.74, 6) is -0.442. The smallest absolute Gasteiger partial charge is 0.327 e. The highest BCUT2D eigenvalue weighted by atomic mass is 16.4. The average Bonchev–Trinajstić information content (AvgIpc) is 2.65. The molecule has 0 bridgehead atoms. The summed E-state index contributed by atoms with van der Waals surface area (Å²) < 4.78 is 0. The van der Waals surface area contributed by atoms with Crippen LogP contribution in [0.5, 0.6) is 5.88 Å². The van der Waals surface area contributed by atoms with Crippen LogP contribution in [0, 0.1) is 11.8 Å². The van der Waals surface area contributed by atoms with Gasteiger partial charge in [-0.05, 0) is 49.5 Å². The average molecular weight is 375 g/mol. The van der Waals surface area contributed by atoms with Crippen LogP contribution in [-0.4, -0.2) is 22.3 Å². The Morgan fingerprint density at radius 2 is 1.85 bits per heavy atom. The van der Waals surface area contributed by atoms with Gasteiger partial charge >= 0.3 is 5.97 Å². The molecule has 0 aliphatic rings. The maximum Gasteiger partial charge on any atom is 0.327 e. The number of aliphatic carboxylic acids is 1. The fraction of sp³-hybridized carbons (Fsp3) is 0.591. The van der Waals surface area contributed by atoms with E-state index in [1.54, 1.807) is 12.3 Å². The third kappa shape index (κ3) is 11.9. The highest BCUT2D eigenvalue weighted by Gasteiger charge is 2.10. The van der Waals surface area contributed by atoms with E-state index in [0.717, 1.165) is 69.6 Å². The van der Waals surface area contributed by atoms with Crippen molar-refractivity contribution in [1.82, 2.24) is 4.98 Å². The van der Waals surface area contributed by atoms with Gasteiger partial charge in [-0.15, -0.1) is 0 Å². The summed E-state index contributed by atoms with van der Waals surface area (Å²) in [5, 5.41) is 19.8. The zero-order chi connectivity index (χ0) is 19.9. The number of aromatic nitrogens is 1. The Morgan fingerprint density at radius 1 is 1.15 bits per heavy atom. The molecule has 5 nitrogen and oxygen atoms in total. The number of carboxylic acids is 1. The topological polar surface area (TPSA) is 90.3 Å². The molecular weight excluding hydrogens is 342 g/mol. The zero-order valence-corrected chi connectivity index (χ0v) is 16.3. The second-order valence-electron chi connectivity index (χ2n) is 7.35. The summed E-state index contributed by atoms with van der Waals surface area (Å²) in [7, 11) is 0. The number of rotatable bonds is 15. The van der Waals surface area contributed by atoms with Gasteiger partial charge in [-0.3, -0.25) is 4.98 Å². The monoisotopic (exact) mass is 374 g/mol. The fourth-order valence-electron chi connectivity index (χ4n) is 3.24. The van der Waals surface area contributed by atoms with Crippen molar-refractivity contribution in [1.29, 1.82) is 0 Å². The number of hydrogen-bond acceptors (Lipinski definition) is 4. The van der Waals surface area contributed by atoms with E-state index in [4.69, 9.17) is 5.11 Å². The molecule has 27 heavy (non-hydrogen) atoms. The first-order valence-corrected chi connectivity index (χ1v) is 9.98. The standard InChI is InChI=1S/C22H33NO4/c1-18(17-24)9-5-2-3-6-10-19(11-7-4-8-12-22(26)27)15-20-13-14-21(25)23-16-20/h8,12-14,16-19H,2-7,9-11,15H2,1H3,(H,23,25)(H,26,27)/p-1. The molecule has 1 heterocycles. The lowest BCUT2D eigenvalue weighted by atomic mass is 9.89. The lowest BCUT2D eigenvalue weighted by Gasteiger charge is -2.17. The normalized spacial score (nSPS) is 13.5. The number of aldehydes is 1. The maximum absolute atomic E-state index is 11.2. The van der Waals surface area contributed by atoms with Gasteiger partial charge in [0.25, 0.3) is 0 Å². The van der Waals surface area contributed by atoms with Crippen molar-refractivity contribution in [3.8, 4) is 5.88 Å². The summed E-state index contributed by atoms with van der Waals surface area (Å²) in [5.41, 5.74) is 1.08. The molecule has 0 aliphatic heterocycles. The molecule has 150 valence electrons. The van der Waals surface area contributed by atoms with Gasteiger partial charge in [0.15, 0.2) is 0 Å². The van der Waals surface area contributed by atoms with Crippen molar-refractivity contribution in [3.63, 3.8) is 0 Å². The molecule has 0 aliphatic carbocycles. The molecule has 0 saturated carbocycles. The molecule has 2 atom stereocenters. The van der Waals surface area contributed by atoms with Gasteiger partial charge in [0.1, 0.15) is 6.29 Å². The molecule has 1 N–H and O–H groups in total. The lowest BCUT2D eigenvalue weighted by Crippen LogP contribution is -2.06. The summed E-state index contributed by atoms with van der Waals surface area (Å²) >= 11 is 0. The van der Waals surface area contributed by atoms with Crippen LogP contribution < -0.4 is 5.11 Å². The van der Waals surface area contributed by atoms with Gasteiger partial charge in [-0.1, -0.05) is 57.2 Å². The van der Waals surface area contributed by atoms with E-state index in [1.807, 2.05) is 13.0 Å². The molecule has 0 amide bonds. The predicted octanol–water partition coefficient (Wildman–Crippen LogP) is 4.30. The van der Waals surface area contributed by atoms with Crippen molar-refractivity contribution >= 4 is 12.3 Å². The van der Waals surface area contributed by atoms with E-state index in [-0.39, 0.29) is 11.8 Å². The van der Waals surface area contributed by atoms with E-state index in [2.05, 4.69) is 4.98 Å². The van der Waals surface area contributed by atoms with Crippen LogP contribution >= 0.6 is 0 Å². The quantitative estimate of drug-likeness (QED) is 0.281. The van der Waals surface area contributed by atoms with Gasteiger partial charge in [0, 0.05) is 18.2 Å². The predicted molar refractivity (Wildman–Crippen MR) is 104 cm³/mol. The molecule has 5 heteroatoms. The molecule has 0 saturated heterocycles. The van der Waals surface area contributed by atoms with Gasteiger partial charge in [-0.25, -0.2) is 4.79 Å². The molecule has 0 aromatic carbocycles. The van der Waals surface area contributed by atoms with Crippen LogP contribution in [0.1, 0.15) is 70.3 Å². The Kier molecular flexibility index (Phi) is 11.8. The number of carboxylic acid groups (broad SMARTS) is 1. The first-order valence-electron chi connectivity index (χ1n) is 9.98. The van der Waals surface area contributed by atoms with Crippen molar-refractivity contribution < 1.29 is 19.8 Å². The van der Waals surface area contributed by atoms with E-state index in [1.165, 1.54) is 18.6 Å². The summed E-state index contributed by atoms with van der Waals surface area (Å²) in [4.78, 5) is 25.0. The van der Waals surface area contributed by atoms with Crippen molar-refractivity contribution in [2.45, 2.75) is 71.1 Å². The highest BCUT2D eigenvalue weighted by molar-refractivity contribution is 5.79. The number of hydrogen-bond donors (Lipinski definition) is 1. The van der Waals surface area contributed by atoms with Crippen LogP contribution in [0.2, 0.25) is 0 Å². The first kappa shape index (κ1) is 22.9. The Bertz CT molecular complexity index is 568. The van der Waals surface area contributed by atoms with E-state index >= 15 is 0 Å². The number of allylic oxidation sites excluding steroid dienone is 1. The molecule has 2 unspecified atom stereocenters. The summed E-state index contributed by atoms with van der Waals surface area (Å²) in [6.07, 6.45) is 15.9. The van der Waals surface area contributed by atoms with Crippen LogP contribution in [0.15, 0.2) is 30.5 Å². The van der Waals surface area contributed by atoms with Crippen molar-refractivity contribution in [3.05, 3.63) is 36.0 Å². The lowest BCUT2D eigenvalue weighted by molar-refractivity contribution is -0.275. The Morgan fingerprint density at radius 3 is 2.48 bits per heavy atom. The SMILES string of the molecule is CC(C=O)CCCCCCC(CCCC=CC(=O)O)Cc1ccc([O-])nc1. The first-order chi connectivity index (χ1) is 13.0. The van der Waals surface area contributed by atoms with Crippen LogP contribution in [0.25, 0.3) is 0 Å². The minimum Gasteiger partial charge on any atom is -0.859 e. The highest BCUT2D eigenvalue weighted by Crippen LogP contribution is 2.22. The van der Waals surface area contributed by atoms with Crippen molar-refractivity contribution in [2.24, 2.45) is 11.8 Å². The number of nitrogens with zero attached hydrogens (tertiary/aromatic N) is 1.